The molecule has 2 N–H and O–H groups in total. The van der Waals surface area contributed by atoms with E-state index in [9.17, 15) is 24.4 Å². The number of para-hydroxylation sites is 2. The summed E-state index contributed by atoms with van der Waals surface area (Å²) in [5.41, 5.74) is -3.97. The first kappa shape index (κ1) is 28.4. The van der Waals surface area contributed by atoms with Crippen LogP contribution in [0.25, 0.3) is 0 Å². The molecule has 6 atom stereocenters. The quantitative estimate of drug-likeness (QED) is 0.230. The SMILES string of the molecule is COCCOC(=O)[C@H](C)N=[P+]([O-])Oc1ccccc1OC[C@H]1O[C@@H](n2ccc(=O)[nH]c2=O)[C@](C)(F)[C@@H]1O. The number of aromatic nitrogens is 2. The van der Waals surface area contributed by atoms with Gasteiger partial charge < -0.3 is 28.9 Å². The minimum absolute atomic E-state index is 0.0104. The molecule has 13 nitrogen and oxygen atoms in total. The molecule has 0 bridgehead atoms. The number of aliphatic hydroxyl groups is 1. The zero-order chi connectivity index (χ0) is 27.2. The van der Waals surface area contributed by atoms with E-state index in [0.717, 1.165) is 23.8 Å². The summed E-state index contributed by atoms with van der Waals surface area (Å²) in [5.74, 6) is -0.611. The van der Waals surface area contributed by atoms with Crippen molar-refractivity contribution in [3.05, 3.63) is 57.4 Å². The summed E-state index contributed by atoms with van der Waals surface area (Å²) < 4.78 is 46.2. The van der Waals surface area contributed by atoms with Crippen LogP contribution in [0.4, 0.5) is 4.39 Å². The van der Waals surface area contributed by atoms with Crippen molar-refractivity contribution in [2.45, 2.75) is 44.0 Å². The van der Waals surface area contributed by atoms with Crippen LogP contribution in [0.2, 0.25) is 0 Å². The fourth-order valence-corrected chi connectivity index (χ4v) is 4.17. The molecule has 1 aliphatic heterocycles. The lowest BCUT2D eigenvalue weighted by Gasteiger charge is -2.24. The van der Waals surface area contributed by atoms with Crippen LogP contribution in [-0.4, -0.2) is 71.5 Å². The molecule has 1 unspecified atom stereocenters. The molecule has 37 heavy (non-hydrogen) atoms. The number of benzene rings is 1. The van der Waals surface area contributed by atoms with Gasteiger partial charge in [-0.3, -0.25) is 18.9 Å². The van der Waals surface area contributed by atoms with Gasteiger partial charge in [0.2, 0.25) is 5.75 Å². The van der Waals surface area contributed by atoms with Crippen LogP contribution in [0.5, 0.6) is 11.5 Å². The first-order valence-corrected chi connectivity index (χ1v) is 12.2. The van der Waals surface area contributed by atoms with Crippen LogP contribution in [0.15, 0.2) is 50.9 Å². The lowest BCUT2D eigenvalue weighted by Crippen LogP contribution is -2.43. The first-order valence-electron chi connectivity index (χ1n) is 11.1. The van der Waals surface area contributed by atoms with Gasteiger partial charge in [0.1, 0.15) is 25.4 Å². The number of hydrogen-bond donors (Lipinski definition) is 2. The number of esters is 1. The Labute approximate surface area is 211 Å². The number of nitrogens with one attached hydrogen (secondary N) is 1. The van der Waals surface area contributed by atoms with E-state index >= 15 is 4.39 Å². The molecule has 0 radical (unpaired) electrons. The van der Waals surface area contributed by atoms with Gasteiger partial charge in [0.15, 0.2) is 23.7 Å². The molecular formula is C22H27FN3O10P. The van der Waals surface area contributed by atoms with E-state index in [-0.39, 0.29) is 31.3 Å². The average Bonchev–Trinajstić information content (AvgIpc) is 3.07. The number of H-pyrrole nitrogens is 1. The third kappa shape index (κ3) is 6.99. The summed E-state index contributed by atoms with van der Waals surface area (Å²) in [7, 11) is -1.25. The van der Waals surface area contributed by atoms with E-state index < -0.39 is 55.5 Å². The highest BCUT2D eigenvalue weighted by molar-refractivity contribution is 7.34. The number of alkyl halides is 1. The first-order chi connectivity index (χ1) is 17.5. The molecule has 1 fully saturated rings. The van der Waals surface area contributed by atoms with E-state index in [2.05, 4.69) is 4.74 Å². The number of methoxy groups -OCH3 is 1. The molecule has 0 aliphatic carbocycles. The second-order valence-electron chi connectivity index (χ2n) is 8.18. The molecule has 1 aliphatic rings. The van der Waals surface area contributed by atoms with Gasteiger partial charge in [0.25, 0.3) is 5.56 Å². The average molecular weight is 543 g/mol. The Kier molecular flexibility index (Phi) is 9.51. The lowest BCUT2D eigenvalue weighted by atomic mass is 9.98. The van der Waals surface area contributed by atoms with Crippen molar-refractivity contribution in [3.63, 3.8) is 0 Å². The van der Waals surface area contributed by atoms with Gasteiger partial charge in [0, 0.05) is 19.4 Å². The minimum Gasteiger partial charge on any atom is -0.575 e. The van der Waals surface area contributed by atoms with Crippen molar-refractivity contribution in [1.29, 1.82) is 0 Å². The smallest absolute Gasteiger partial charge is 0.395 e. The molecule has 3 rings (SSSR count). The van der Waals surface area contributed by atoms with E-state index in [1.54, 1.807) is 12.1 Å². The maximum absolute atomic E-state index is 15.3. The summed E-state index contributed by atoms with van der Waals surface area (Å²) >= 11 is 0. The van der Waals surface area contributed by atoms with Gasteiger partial charge in [-0.1, -0.05) is 16.9 Å². The van der Waals surface area contributed by atoms with E-state index in [1.807, 2.05) is 4.98 Å². The monoisotopic (exact) mass is 543 g/mol. The molecule has 0 saturated carbocycles. The minimum atomic E-state index is -2.70. The summed E-state index contributed by atoms with van der Waals surface area (Å²) in [6.45, 7) is 2.31. The molecule has 15 heteroatoms. The van der Waals surface area contributed by atoms with Crippen LogP contribution in [0.3, 0.4) is 0 Å². The number of halogens is 1. The topological polar surface area (TPSA) is 174 Å². The largest absolute Gasteiger partial charge is 0.575 e. The molecule has 1 aromatic heterocycles. The number of rotatable bonds is 11. The predicted molar refractivity (Wildman–Crippen MR) is 125 cm³/mol. The van der Waals surface area contributed by atoms with Crippen molar-refractivity contribution in [3.8, 4) is 11.5 Å². The van der Waals surface area contributed by atoms with Crippen LogP contribution in [0.1, 0.15) is 20.1 Å². The van der Waals surface area contributed by atoms with Crippen LogP contribution >= 0.6 is 8.17 Å². The van der Waals surface area contributed by atoms with Crippen molar-refractivity contribution < 1.29 is 42.7 Å². The Bertz CT molecular complexity index is 1230. The van der Waals surface area contributed by atoms with Crippen molar-refractivity contribution in [2.75, 3.05) is 26.9 Å². The molecule has 0 spiro atoms. The second-order valence-corrected chi connectivity index (χ2v) is 9.07. The van der Waals surface area contributed by atoms with Gasteiger partial charge in [-0.2, -0.15) is 0 Å². The number of carbonyl (C=O) groups excluding carboxylic acids is 1. The third-order valence-corrected chi connectivity index (χ3v) is 6.28. The standard InChI is InChI=1S/C22H27FN3O10P/c1-13(19(29)33-11-10-32-3)25-37(31)36-15-7-5-4-6-14(15)34-12-16-18(28)22(2,23)20(35-16)26-9-8-17(27)24-21(26)30/h4-9,13,16,18,20,28H,10-12H2,1-3H3,(H,24,27,30)/t13-,16+,18+,20+,22+/m0/s1. The lowest BCUT2D eigenvalue weighted by molar-refractivity contribution is -0.169. The Morgan fingerprint density at radius 1 is 1.32 bits per heavy atom. The van der Waals surface area contributed by atoms with E-state index in [0.29, 0.717) is 0 Å². The van der Waals surface area contributed by atoms with Gasteiger partial charge >= 0.3 is 19.8 Å². The molecule has 202 valence electrons. The zero-order valence-corrected chi connectivity index (χ0v) is 21.1. The highest BCUT2D eigenvalue weighted by Gasteiger charge is 2.55. The highest BCUT2D eigenvalue weighted by Crippen LogP contribution is 2.41. The van der Waals surface area contributed by atoms with Gasteiger partial charge in [-0.15, -0.1) is 0 Å². The fraction of sp³-hybridized carbons (Fsp3) is 0.500. The Morgan fingerprint density at radius 2 is 2.03 bits per heavy atom. The third-order valence-electron chi connectivity index (χ3n) is 5.39. The number of aliphatic hydroxyl groups excluding tert-OH is 1. The Morgan fingerprint density at radius 3 is 2.70 bits per heavy atom. The molecular weight excluding hydrogens is 516 g/mol. The molecule has 1 aromatic carbocycles. The molecule has 2 heterocycles. The summed E-state index contributed by atoms with van der Waals surface area (Å²) in [5, 5.41) is 10.5. The summed E-state index contributed by atoms with van der Waals surface area (Å²) in [6, 6.07) is 6.04. The van der Waals surface area contributed by atoms with Crippen molar-refractivity contribution >= 4 is 14.1 Å². The van der Waals surface area contributed by atoms with Crippen LogP contribution in [0, 0.1) is 0 Å². The number of nitrogens with zero attached hydrogens (tertiary/aromatic N) is 2. The maximum Gasteiger partial charge on any atom is 0.395 e. The Hall–Kier alpha value is -3.16. The summed E-state index contributed by atoms with van der Waals surface area (Å²) in [4.78, 5) is 49.7. The molecule has 2 aromatic rings. The van der Waals surface area contributed by atoms with Crippen LogP contribution in [-0.2, 0) is 19.0 Å². The van der Waals surface area contributed by atoms with Gasteiger partial charge in [-0.05, 0) is 26.0 Å². The zero-order valence-electron chi connectivity index (χ0n) is 20.2. The molecule has 0 amide bonds. The Balaban J connectivity index is 1.67. The van der Waals surface area contributed by atoms with Gasteiger partial charge in [-0.25, -0.2) is 14.0 Å². The number of carbonyl (C=O) groups is 1. The number of ether oxygens (including phenoxy) is 4. The fourth-order valence-electron chi connectivity index (χ4n) is 3.42. The molecule has 1 saturated heterocycles. The highest BCUT2D eigenvalue weighted by atomic mass is 31.1. The number of aromatic amines is 1. The van der Waals surface area contributed by atoms with Crippen LogP contribution < -0.4 is 25.4 Å². The van der Waals surface area contributed by atoms with Crippen molar-refractivity contribution in [1.82, 2.24) is 9.55 Å². The number of hydrogen-bond acceptors (Lipinski definition) is 11. The van der Waals surface area contributed by atoms with Gasteiger partial charge in [0.05, 0.1) is 6.61 Å². The predicted octanol–water partition coefficient (Wildman–Crippen LogP) is 0.415. The normalized spacial score (nSPS) is 24.5. The van der Waals surface area contributed by atoms with E-state index in [4.69, 9.17) is 23.5 Å². The summed E-state index contributed by atoms with van der Waals surface area (Å²) in [6.07, 6.45) is -3.38. The second kappa shape index (κ2) is 12.4. The van der Waals surface area contributed by atoms with E-state index in [1.165, 1.54) is 26.2 Å². The maximum atomic E-state index is 15.3. The van der Waals surface area contributed by atoms with Crippen molar-refractivity contribution in [2.24, 2.45) is 4.74 Å².